The molecule has 22 heavy (non-hydrogen) atoms. The van der Waals surface area contributed by atoms with Gasteiger partial charge < -0.3 is 28.9 Å². The maximum absolute atomic E-state index is 8.75. The lowest BCUT2D eigenvalue weighted by Gasteiger charge is -2.36. The van der Waals surface area contributed by atoms with Gasteiger partial charge in [0.1, 0.15) is 24.4 Å². The molecule has 7 heteroatoms. The van der Waals surface area contributed by atoms with Crippen LogP contribution in [0.4, 0.5) is 0 Å². The number of hydrogen-bond acceptors (Lipinski definition) is 7. The normalized spacial score (nSPS) is 43.3. The van der Waals surface area contributed by atoms with Crippen LogP contribution in [0.15, 0.2) is 17.3 Å². The lowest BCUT2D eigenvalue weighted by atomic mass is 9.98. The highest BCUT2D eigenvalue weighted by Gasteiger charge is 2.60. The number of rotatable bonds is 2. The Morgan fingerprint density at radius 3 is 2.23 bits per heavy atom. The van der Waals surface area contributed by atoms with Crippen molar-refractivity contribution in [2.45, 2.75) is 76.9 Å². The van der Waals surface area contributed by atoms with Gasteiger partial charge in [0.2, 0.25) is 0 Å². The third-order valence-electron chi connectivity index (χ3n) is 3.88. The van der Waals surface area contributed by atoms with Crippen LogP contribution in [0.25, 0.3) is 0 Å². The van der Waals surface area contributed by atoms with Gasteiger partial charge in [-0.15, -0.1) is 0 Å². The molecule has 5 atom stereocenters. The Hall–Kier alpha value is -0.990. The summed E-state index contributed by atoms with van der Waals surface area (Å²) in [5.41, 5.74) is 0.476. The first-order chi connectivity index (χ1) is 10.2. The molecular weight excluding hydrogens is 290 g/mol. The second-order valence-electron chi connectivity index (χ2n) is 6.73. The highest BCUT2D eigenvalue weighted by Crippen LogP contribution is 2.44. The second-order valence-corrected chi connectivity index (χ2v) is 6.73. The van der Waals surface area contributed by atoms with Crippen LogP contribution in [-0.2, 0) is 23.7 Å². The molecule has 0 aromatic heterocycles. The first-order valence-electron chi connectivity index (χ1n) is 7.44. The van der Waals surface area contributed by atoms with Crippen LogP contribution in [0.5, 0.6) is 0 Å². The maximum atomic E-state index is 8.75. The zero-order valence-electron chi connectivity index (χ0n) is 13.5. The molecule has 0 unspecified atom stereocenters. The van der Waals surface area contributed by atoms with Crippen molar-refractivity contribution in [1.29, 1.82) is 0 Å². The third kappa shape index (κ3) is 2.91. The molecule has 0 aromatic carbocycles. The predicted octanol–water partition coefficient (Wildman–Crippen LogP) is 1.79. The molecule has 0 aromatic rings. The first-order valence-corrected chi connectivity index (χ1v) is 7.44. The van der Waals surface area contributed by atoms with E-state index in [1.54, 1.807) is 19.1 Å². The van der Waals surface area contributed by atoms with Crippen LogP contribution in [0.3, 0.4) is 0 Å². The minimum Gasteiger partial charge on any atom is -0.411 e. The van der Waals surface area contributed by atoms with Crippen LogP contribution in [-0.4, -0.2) is 53.2 Å². The Balaban J connectivity index is 1.85. The summed E-state index contributed by atoms with van der Waals surface area (Å²) in [6, 6.07) is 0. The number of nitrogens with zero attached hydrogens (tertiary/aromatic N) is 1. The summed E-state index contributed by atoms with van der Waals surface area (Å²) in [4.78, 5) is 0. The Bertz CT molecular complexity index is 500. The molecular formula is C15H23NO6. The van der Waals surface area contributed by atoms with Crippen molar-refractivity contribution >= 4 is 5.71 Å². The van der Waals surface area contributed by atoms with Crippen LogP contribution in [0.1, 0.15) is 34.6 Å². The molecule has 3 heterocycles. The van der Waals surface area contributed by atoms with Crippen LogP contribution in [0, 0.1) is 0 Å². The second kappa shape index (κ2) is 5.28. The van der Waals surface area contributed by atoms with Gasteiger partial charge in [-0.05, 0) is 40.7 Å². The van der Waals surface area contributed by atoms with E-state index in [2.05, 4.69) is 5.16 Å². The number of allylic oxidation sites excluding steroid dienone is 1. The molecule has 0 aliphatic carbocycles. The summed E-state index contributed by atoms with van der Waals surface area (Å²) in [5.74, 6) is -1.44. The fourth-order valence-electron chi connectivity index (χ4n) is 3.06. The summed E-state index contributed by atoms with van der Waals surface area (Å²) >= 11 is 0. The molecule has 7 nitrogen and oxygen atoms in total. The number of fused-ring (bicyclic) bond motifs is 3. The van der Waals surface area contributed by atoms with Crippen LogP contribution >= 0.6 is 0 Å². The number of ether oxygens (including phenoxy) is 5. The Kier molecular flexibility index (Phi) is 3.81. The van der Waals surface area contributed by atoms with Crippen LogP contribution < -0.4 is 0 Å². The van der Waals surface area contributed by atoms with Crippen molar-refractivity contribution in [3.63, 3.8) is 0 Å². The van der Waals surface area contributed by atoms with Crippen LogP contribution in [0.2, 0.25) is 0 Å². The van der Waals surface area contributed by atoms with E-state index in [-0.39, 0.29) is 24.4 Å². The molecule has 1 N–H and O–H groups in total. The minimum absolute atomic E-state index is 0.281. The molecule has 3 saturated heterocycles. The number of hydrogen-bond donors (Lipinski definition) is 1. The smallest absolute Gasteiger partial charge is 0.190 e. The maximum Gasteiger partial charge on any atom is 0.190 e. The van der Waals surface area contributed by atoms with Gasteiger partial charge in [-0.25, -0.2) is 0 Å². The molecule has 3 aliphatic heterocycles. The Morgan fingerprint density at radius 1 is 0.955 bits per heavy atom. The molecule has 0 spiro atoms. The SMILES string of the molecule is CC(/C=C/[C@H]1O[C@@H]2OC(C)(C)O[C@@H]2[C@H]2OC(C)(C)O[C@H]21)=N/O. The van der Waals surface area contributed by atoms with Gasteiger partial charge in [0.05, 0.1) is 5.71 Å². The van der Waals surface area contributed by atoms with Crippen molar-refractivity contribution in [2.24, 2.45) is 5.16 Å². The van der Waals surface area contributed by atoms with Crippen molar-refractivity contribution in [3.8, 4) is 0 Å². The zero-order chi connectivity index (χ0) is 16.1. The standard InChI is InChI=1S/C15H23NO6/c1-8(16-17)6-7-9-10-11(20-14(2,3)19-10)12-13(18-9)22-15(4,5)21-12/h6-7,9-13,17H,1-5H3/b7-6+,16-8-/t9-,10+,11+,12-,13-/m1/s1. The molecule has 3 aliphatic rings. The van der Waals surface area contributed by atoms with E-state index in [9.17, 15) is 0 Å². The molecule has 3 rings (SSSR count). The molecule has 0 bridgehead atoms. The average Bonchev–Trinajstić information content (AvgIpc) is 2.89. The predicted molar refractivity (Wildman–Crippen MR) is 76.6 cm³/mol. The molecule has 0 saturated carbocycles. The summed E-state index contributed by atoms with van der Waals surface area (Å²) in [6.07, 6.45) is 1.66. The largest absolute Gasteiger partial charge is 0.411 e. The molecule has 124 valence electrons. The summed E-state index contributed by atoms with van der Waals surface area (Å²) < 4.78 is 29.7. The summed E-state index contributed by atoms with van der Waals surface area (Å²) in [5, 5.41) is 11.9. The summed E-state index contributed by atoms with van der Waals surface area (Å²) in [7, 11) is 0. The van der Waals surface area contributed by atoms with Crippen molar-refractivity contribution in [2.75, 3.05) is 0 Å². The van der Waals surface area contributed by atoms with E-state index >= 15 is 0 Å². The monoisotopic (exact) mass is 313 g/mol. The Morgan fingerprint density at radius 2 is 1.55 bits per heavy atom. The van der Waals surface area contributed by atoms with Gasteiger partial charge >= 0.3 is 0 Å². The Labute approximate surface area is 129 Å². The van der Waals surface area contributed by atoms with E-state index in [1.807, 2.05) is 27.7 Å². The first kappa shape index (κ1) is 15.9. The lowest BCUT2D eigenvalue weighted by Crippen LogP contribution is -2.54. The highest BCUT2D eigenvalue weighted by molar-refractivity contribution is 5.92. The fourth-order valence-corrected chi connectivity index (χ4v) is 3.06. The zero-order valence-corrected chi connectivity index (χ0v) is 13.5. The van der Waals surface area contributed by atoms with E-state index in [0.29, 0.717) is 5.71 Å². The van der Waals surface area contributed by atoms with Crippen molar-refractivity contribution in [3.05, 3.63) is 12.2 Å². The van der Waals surface area contributed by atoms with E-state index < -0.39 is 17.9 Å². The lowest BCUT2D eigenvalue weighted by molar-refractivity contribution is -0.222. The molecule has 0 amide bonds. The van der Waals surface area contributed by atoms with E-state index in [0.717, 1.165) is 0 Å². The van der Waals surface area contributed by atoms with E-state index in [1.165, 1.54) is 0 Å². The van der Waals surface area contributed by atoms with E-state index in [4.69, 9.17) is 28.9 Å². The quantitative estimate of drug-likeness (QED) is 0.476. The fraction of sp³-hybridized carbons (Fsp3) is 0.800. The summed E-state index contributed by atoms with van der Waals surface area (Å²) in [6.45, 7) is 9.11. The van der Waals surface area contributed by atoms with Crippen molar-refractivity contribution in [1.82, 2.24) is 0 Å². The topological polar surface area (TPSA) is 78.7 Å². The molecule has 0 radical (unpaired) electrons. The van der Waals surface area contributed by atoms with Gasteiger partial charge in [0.15, 0.2) is 17.9 Å². The van der Waals surface area contributed by atoms with Gasteiger partial charge in [-0.1, -0.05) is 11.2 Å². The minimum atomic E-state index is -0.725. The van der Waals surface area contributed by atoms with Crippen molar-refractivity contribution < 1.29 is 28.9 Å². The van der Waals surface area contributed by atoms with Gasteiger partial charge in [-0.3, -0.25) is 0 Å². The van der Waals surface area contributed by atoms with Gasteiger partial charge in [-0.2, -0.15) is 0 Å². The number of oxime groups is 1. The van der Waals surface area contributed by atoms with Gasteiger partial charge in [0.25, 0.3) is 0 Å². The van der Waals surface area contributed by atoms with Gasteiger partial charge in [0, 0.05) is 0 Å². The third-order valence-corrected chi connectivity index (χ3v) is 3.88. The molecule has 3 fully saturated rings. The highest BCUT2D eigenvalue weighted by atomic mass is 16.9. The average molecular weight is 313 g/mol.